The molecule has 3 aliphatic carbocycles. The quantitative estimate of drug-likeness (QED) is 0.162. The number of hydrogen-bond acceptors (Lipinski definition) is 6. The molecule has 0 bridgehead atoms. The maximum atomic E-state index is 13.2. The lowest BCUT2D eigenvalue weighted by Gasteiger charge is -2.66. The third-order valence-corrected chi connectivity index (χ3v) is 10.0. The van der Waals surface area contributed by atoms with Gasteiger partial charge in [0, 0.05) is 18.8 Å². The summed E-state index contributed by atoms with van der Waals surface area (Å²) in [6.45, 7) is 8.90. The van der Waals surface area contributed by atoms with Crippen LogP contribution in [0.3, 0.4) is 0 Å². The monoisotopic (exact) mass is 524 g/mol. The number of Topliss-reactive ketones (excluding diaryl/α,β-unsaturated/α-hetero) is 1. The average Bonchev–Trinajstić information content (AvgIpc) is 3.01. The summed E-state index contributed by atoms with van der Waals surface area (Å²) in [5, 5.41) is 32.7. The second-order valence-corrected chi connectivity index (χ2v) is 12.6. The molecule has 0 aromatic carbocycles. The number of carbonyl (C=O) groups excluding carboxylic acids is 2. The lowest BCUT2D eigenvalue weighted by Crippen LogP contribution is -2.69. The molecule has 6 nitrogen and oxygen atoms in total. The Balaban J connectivity index is 1.94. The molecular formula is C30H46B2O6. The SMILES string of the molecule is [B]C[C@@]1(O)C(OC(=O)CCCCCCCCC)[C@@H](C)C2C3C=C(C)C(=O)C3(O)CC(CO)=CC2([B])C1(C)C. The molecule has 3 aliphatic rings. The third-order valence-electron chi connectivity index (χ3n) is 10.0. The standard InChI is InChI=1S/C30H46B2O6/c1-6-7-8-9-10-11-12-13-23(34)38-26-20(3)24-22-14-19(2)25(35)28(22,36)15-21(17-33)16-29(24,32)27(4,5)30(26,37)18-31/h14,16,20,22,24,26,33,36-37H,6-13,15,17-18H2,1-5H3/t20-,22?,24?,26?,28?,29?,30+/m0/s1. The minimum absolute atomic E-state index is 0.0527. The first-order valence-corrected chi connectivity index (χ1v) is 14.4. The number of aliphatic hydroxyl groups excluding tert-OH is 1. The summed E-state index contributed by atoms with van der Waals surface area (Å²) in [7, 11) is 13.4. The predicted molar refractivity (Wildman–Crippen MR) is 150 cm³/mol. The zero-order chi connectivity index (χ0) is 28.5. The van der Waals surface area contributed by atoms with Gasteiger partial charge in [-0.2, -0.15) is 0 Å². The van der Waals surface area contributed by atoms with Crippen molar-refractivity contribution in [2.24, 2.45) is 23.2 Å². The molecule has 0 aromatic heterocycles. The van der Waals surface area contributed by atoms with Crippen molar-refractivity contribution >= 4 is 27.4 Å². The fourth-order valence-electron chi connectivity index (χ4n) is 7.52. The first-order valence-electron chi connectivity index (χ1n) is 14.4. The molecule has 3 N–H and O–H groups in total. The summed E-state index contributed by atoms with van der Waals surface area (Å²) in [4.78, 5) is 26.2. The Kier molecular flexibility index (Phi) is 9.53. The number of aliphatic hydroxyl groups is 3. The molecule has 5 unspecified atom stereocenters. The topological polar surface area (TPSA) is 104 Å². The van der Waals surface area contributed by atoms with Crippen LogP contribution >= 0.6 is 0 Å². The van der Waals surface area contributed by atoms with Crippen molar-refractivity contribution in [3.05, 3.63) is 23.3 Å². The highest BCUT2D eigenvalue weighted by Gasteiger charge is 2.70. The molecule has 4 radical (unpaired) electrons. The van der Waals surface area contributed by atoms with E-state index in [4.69, 9.17) is 20.4 Å². The Morgan fingerprint density at radius 3 is 2.32 bits per heavy atom. The Bertz CT molecular complexity index is 960. The zero-order valence-corrected chi connectivity index (χ0v) is 24.0. The van der Waals surface area contributed by atoms with Crippen LogP contribution in [0.5, 0.6) is 0 Å². The molecule has 0 saturated heterocycles. The fourth-order valence-corrected chi connectivity index (χ4v) is 7.52. The van der Waals surface area contributed by atoms with Gasteiger partial charge in [0.1, 0.15) is 11.7 Å². The average molecular weight is 524 g/mol. The van der Waals surface area contributed by atoms with Crippen LogP contribution in [0.2, 0.25) is 11.6 Å². The smallest absolute Gasteiger partial charge is 0.306 e. The normalized spacial score (nSPS) is 38.1. The Morgan fingerprint density at radius 1 is 1.13 bits per heavy atom. The molecule has 208 valence electrons. The van der Waals surface area contributed by atoms with E-state index in [1.807, 2.05) is 6.92 Å². The Labute approximate surface area is 231 Å². The lowest BCUT2D eigenvalue weighted by atomic mass is 9.34. The third kappa shape index (κ3) is 4.99. The van der Waals surface area contributed by atoms with Gasteiger partial charge in [0.15, 0.2) is 5.78 Å². The van der Waals surface area contributed by atoms with Crippen molar-refractivity contribution in [3.8, 4) is 0 Å². The van der Waals surface area contributed by atoms with Crippen molar-refractivity contribution < 1.29 is 29.6 Å². The van der Waals surface area contributed by atoms with Gasteiger partial charge < -0.3 is 20.1 Å². The van der Waals surface area contributed by atoms with Crippen LogP contribution in [-0.4, -0.2) is 66.7 Å². The van der Waals surface area contributed by atoms with Gasteiger partial charge in [-0.1, -0.05) is 84.7 Å². The van der Waals surface area contributed by atoms with Gasteiger partial charge in [0.25, 0.3) is 0 Å². The molecule has 38 heavy (non-hydrogen) atoms. The number of fused-ring (bicyclic) bond motifs is 3. The summed E-state index contributed by atoms with van der Waals surface area (Å²) in [6.07, 6.45) is 10.00. The van der Waals surface area contributed by atoms with Crippen LogP contribution in [0, 0.1) is 23.2 Å². The van der Waals surface area contributed by atoms with E-state index in [-0.39, 0.29) is 31.6 Å². The predicted octanol–water partition coefficient (Wildman–Crippen LogP) is 4.17. The zero-order valence-electron chi connectivity index (χ0n) is 24.0. The van der Waals surface area contributed by atoms with E-state index in [1.165, 1.54) is 19.3 Å². The van der Waals surface area contributed by atoms with Gasteiger partial charge in [-0.05, 0) is 47.1 Å². The first kappa shape index (κ1) is 31.2. The number of unbranched alkanes of at least 4 members (excludes halogenated alkanes) is 6. The van der Waals surface area contributed by atoms with Gasteiger partial charge in [0.2, 0.25) is 0 Å². The largest absolute Gasteiger partial charge is 0.459 e. The molecule has 1 saturated carbocycles. The summed E-state index contributed by atoms with van der Waals surface area (Å²) >= 11 is 0. The van der Waals surface area contributed by atoms with Crippen LogP contribution in [0.15, 0.2) is 23.3 Å². The molecule has 0 heterocycles. The van der Waals surface area contributed by atoms with Crippen LogP contribution in [0.25, 0.3) is 0 Å². The van der Waals surface area contributed by atoms with E-state index >= 15 is 0 Å². The Morgan fingerprint density at radius 2 is 1.74 bits per heavy atom. The van der Waals surface area contributed by atoms with E-state index in [9.17, 15) is 24.9 Å². The Hall–Kier alpha value is -1.37. The number of ether oxygens (including phenoxy) is 1. The summed E-state index contributed by atoms with van der Waals surface area (Å²) in [5.74, 6) is -2.58. The van der Waals surface area contributed by atoms with E-state index < -0.39 is 51.8 Å². The van der Waals surface area contributed by atoms with Crippen molar-refractivity contribution in [1.29, 1.82) is 0 Å². The van der Waals surface area contributed by atoms with E-state index in [2.05, 4.69) is 6.92 Å². The van der Waals surface area contributed by atoms with Crippen molar-refractivity contribution in [2.45, 2.75) is 121 Å². The van der Waals surface area contributed by atoms with Crippen LogP contribution < -0.4 is 0 Å². The number of carbonyl (C=O) groups is 2. The number of rotatable bonds is 11. The lowest BCUT2D eigenvalue weighted by molar-refractivity contribution is -0.231. The van der Waals surface area contributed by atoms with Crippen molar-refractivity contribution in [3.63, 3.8) is 0 Å². The highest BCUT2D eigenvalue weighted by Crippen LogP contribution is 2.70. The highest BCUT2D eigenvalue weighted by molar-refractivity contribution is 6.19. The van der Waals surface area contributed by atoms with Gasteiger partial charge in [-0.3, -0.25) is 9.59 Å². The summed E-state index contributed by atoms with van der Waals surface area (Å²) in [5.41, 5.74) is -3.72. The molecule has 8 heteroatoms. The second-order valence-electron chi connectivity index (χ2n) is 12.6. The molecule has 0 aliphatic heterocycles. The molecule has 1 fully saturated rings. The van der Waals surface area contributed by atoms with Crippen LogP contribution in [0.4, 0.5) is 0 Å². The van der Waals surface area contributed by atoms with Gasteiger partial charge >= 0.3 is 5.97 Å². The maximum Gasteiger partial charge on any atom is 0.306 e. The van der Waals surface area contributed by atoms with Crippen LogP contribution in [0.1, 0.15) is 92.4 Å². The minimum atomic E-state index is -1.76. The number of esters is 1. The minimum Gasteiger partial charge on any atom is -0.459 e. The maximum absolute atomic E-state index is 13.2. The molecule has 3 rings (SSSR count). The van der Waals surface area contributed by atoms with E-state index in [0.29, 0.717) is 17.6 Å². The molecule has 0 spiro atoms. The fraction of sp³-hybridized carbons (Fsp3) is 0.800. The van der Waals surface area contributed by atoms with Gasteiger partial charge in [-0.15, -0.1) is 0 Å². The van der Waals surface area contributed by atoms with Crippen LogP contribution in [-0.2, 0) is 14.3 Å². The van der Waals surface area contributed by atoms with E-state index in [1.54, 1.807) is 32.9 Å². The first-order chi connectivity index (χ1) is 17.7. The number of hydrogen-bond donors (Lipinski definition) is 3. The summed E-state index contributed by atoms with van der Waals surface area (Å²) < 4.78 is 6.03. The van der Waals surface area contributed by atoms with Gasteiger partial charge in [0.05, 0.1) is 27.9 Å². The second kappa shape index (κ2) is 11.6. The number of ketones is 1. The highest BCUT2D eigenvalue weighted by atomic mass is 16.6. The van der Waals surface area contributed by atoms with Crippen molar-refractivity contribution in [1.82, 2.24) is 0 Å². The van der Waals surface area contributed by atoms with Crippen molar-refractivity contribution in [2.75, 3.05) is 6.61 Å². The number of allylic oxidation sites excluding steroid dienone is 1. The van der Waals surface area contributed by atoms with E-state index in [0.717, 1.165) is 19.3 Å². The summed E-state index contributed by atoms with van der Waals surface area (Å²) in [6, 6.07) is 0. The molecule has 7 atom stereocenters. The molecule has 0 aromatic rings. The molecule has 0 amide bonds. The van der Waals surface area contributed by atoms with Gasteiger partial charge in [-0.25, -0.2) is 0 Å². The molecular weight excluding hydrogens is 478 g/mol.